The first-order valence-corrected chi connectivity index (χ1v) is 7.83. The van der Waals surface area contributed by atoms with Crippen LogP contribution in [0.2, 0.25) is 0 Å². The number of aromatic nitrogens is 3. The number of carbonyl (C=O) groups excluding carboxylic acids is 1. The van der Waals surface area contributed by atoms with E-state index in [0.29, 0.717) is 13.0 Å². The standard InChI is InChI=1S/C19H16N4O/c24-19(12-15-8-5-7-14-6-1-2-9-16(14)15)20-13-18-22-21-17-10-3-4-11-23(17)18/h1-11H,12-13H2,(H,20,24). The zero-order valence-electron chi connectivity index (χ0n) is 13.0. The summed E-state index contributed by atoms with van der Waals surface area (Å²) >= 11 is 0. The normalized spacial score (nSPS) is 11.0. The number of amides is 1. The van der Waals surface area contributed by atoms with Crippen LogP contribution in [0.1, 0.15) is 11.4 Å². The quantitative estimate of drug-likeness (QED) is 0.630. The van der Waals surface area contributed by atoms with Crippen molar-refractivity contribution in [3.05, 3.63) is 78.2 Å². The molecule has 0 radical (unpaired) electrons. The molecule has 0 saturated heterocycles. The van der Waals surface area contributed by atoms with E-state index in [-0.39, 0.29) is 5.91 Å². The predicted octanol–water partition coefficient (Wildman–Crippen LogP) is 2.74. The third kappa shape index (κ3) is 2.72. The second-order valence-corrected chi connectivity index (χ2v) is 5.64. The average molecular weight is 316 g/mol. The maximum absolute atomic E-state index is 12.3. The first kappa shape index (κ1) is 14.4. The highest BCUT2D eigenvalue weighted by molar-refractivity contribution is 5.90. The molecule has 0 aliphatic carbocycles. The summed E-state index contributed by atoms with van der Waals surface area (Å²) < 4.78 is 1.87. The predicted molar refractivity (Wildman–Crippen MR) is 92.5 cm³/mol. The number of benzene rings is 2. The summed E-state index contributed by atoms with van der Waals surface area (Å²) in [5, 5.41) is 13.4. The number of rotatable bonds is 4. The summed E-state index contributed by atoms with van der Waals surface area (Å²) in [4.78, 5) is 12.3. The minimum absolute atomic E-state index is 0.0287. The number of nitrogens with zero attached hydrogens (tertiary/aromatic N) is 3. The summed E-state index contributed by atoms with van der Waals surface area (Å²) in [7, 11) is 0. The van der Waals surface area contributed by atoms with Gasteiger partial charge in [0.15, 0.2) is 11.5 Å². The van der Waals surface area contributed by atoms with Crippen LogP contribution in [0.4, 0.5) is 0 Å². The summed E-state index contributed by atoms with van der Waals surface area (Å²) in [5.74, 6) is 0.691. The molecule has 2 aromatic carbocycles. The van der Waals surface area contributed by atoms with Gasteiger partial charge in [0.25, 0.3) is 0 Å². The molecule has 2 aromatic heterocycles. The van der Waals surface area contributed by atoms with Crippen LogP contribution in [0.15, 0.2) is 66.9 Å². The molecule has 0 saturated carbocycles. The van der Waals surface area contributed by atoms with Crippen molar-refractivity contribution in [3.63, 3.8) is 0 Å². The number of nitrogens with one attached hydrogen (secondary N) is 1. The fourth-order valence-electron chi connectivity index (χ4n) is 2.87. The molecule has 0 fully saturated rings. The monoisotopic (exact) mass is 316 g/mol. The smallest absolute Gasteiger partial charge is 0.224 e. The van der Waals surface area contributed by atoms with Crippen molar-refractivity contribution in [2.24, 2.45) is 0 Å². The topological polar surface area (TPSA) is 59.3 Å². The second kappa shape index (κ2) is 6.12. The molecule has 24 heavy (non-hydrogen) atoms. The lowest BCUT2D eigenvalue weighted by atomic mass is 10.0. The van der Waals surface area contributed by atoms with Crippen LogP contribution in [0.5, 0.6) is 0 Å². The van der Waals surface area contributed by atoms with Crippen molar-refractivity contribution in [3.8, 4) is 0 Å². The van der Waals surface area contributed by atoms with E-state index in [4.69, 9.17) is 0 Å². The third-order valence-electron chi connectivity index (χ3n) is 4.06. The molecule has 0 spiro atoms. The molecule has 5 heteroatoms. The van der Waals surface area contributed by atoms with Crippen molar-refractivity contribution in [2.75, 3.05) is 0 Å². The maximum Gasteiger partial charge on any atom is 0.224 e. The highest BCUT2D eigenvalue weighted by Crippen LogP contribution is 2.18. The van der Waals surface area contributed by atoms with E-state index in [9.17, 15) is 4.79 Å². The molecule has 0 unspecified atom stereocenters. The zero-order chi connectivity index (χ0) is 16.4. The van der Waals surface area contributed by atoms with Gasteiger partial charge in [-0.2, -0.15) is 0 Å². The van der Waals surface area contributed by atoms with Gasteiger partial charge in [-0.25, -0.2) is 0 Å². The van der Waals surface area contributed by atoms with Crippen molar-refractivity contribution in [2.45, 2.75) is 13.0 Å². The lowest BCUT2D eigenvalue weighted by Crippen LogP contribution is -2.25. The first-order valence-electron chi connectivity index (χ1n) is 7.83. The molecule has 118 valence electrons. The Morgan fingerprint density at radius 3 is 2.75 bits per heavy atom. The Morgan fingerprint density at radius 2 is 1.79 bits per heavy atom. The number of carbonyl (C=O) groups is 1. The van der Waals surface area contributed by atoms with Crippen LogP contribution in [0, 0.1) is 0 Å². The zero-order valence-corrected chi connectivity index (χ0v) is 13.0. The van der Waals surface area contributed by atoms with Crippen LogP contribution in [-0.4, -0.2) is 20.5 Å². The number of pyridine rings is 1. The summed E-state index contributed by atoms with van der Waals surface area (Å²) in [6.45, 7) is 0.356. The highest BCUT2D eigenvalue weighted by Gasteiger charge is 2.09. The number of hydrogen-bond acceptors (Lipinski definition) is 3. The maximum atomic E-state index is 12.3. The van der Waals surface area contributed by atoms with Crippen molar-refractivity contribution < 1.29 is 4.79 Å². The molecule has 2 heterocycles. The van der Waals surface area contributed by atoms with Crippen LogP contribution in [0.25, 0.3) is 16.4 Å². The van der Waals surface area contributed by atoms with E-state index >= 15 is 0 Å². The molecule has 5 nitrogen and oxygen atoms in total. The Balaban J connectivity index is 1.48. The van der Waals surface area contributed by atoms with E-state index in [1.54, 1.807) is 0 Å². The van der Waals surface area contributed by atoms with Crippen LogP contribution in [-0.2, 0) is 17.8 Å². The average Bonchev–Trinajstić information content (AvgIpc) is 3.04. The van der Waals surface area contributed by atoms with Gasteiger partial charge < -0.3 is 5.32 Å². The molecule has 0 aliphatic heterocycles. The number of hydrogen-bond donors (Lipinski definition) is 1. The minimum Gasteiger partial charge on any atom is -0.348 e. The lowest BCUT2D eigenvalue weighted by Gasteiger charge is -2.07. The van der Waals surface area contributed by atoms with E-state index in [0.717, 1.165) is 27.8 Å². The summed E-state index contributed by atoms with van der Waals surface area (Å²) in [6.07, 6.45) is 2.24. The van der Waals surface area contributed by atoms with Gasteiger partial charge in [-0.3, -0.25) is 9.20 Å². The second-order valence-electron chi connectivity index (χ2n) is 5.64. The fourth-order valence-corrected chi connectivity index (χ4v) is 2.87. The fraction of sp³-hybridized carbons (Fsp3) is 0.105. The van der Waals surface area contributed by atoms with Gasteiger partial charge in [0.1, 0.15) is 0 Å². The molecular weight excluding hydrogens is 300 g/mol. The van der Waals surface area contributed by atoms with Gasteiger partial charge in [0.05, 0.1) is 13.0 Å². The Morgan fingerprint density at radius 1 is 0.958 bits per heavy atom. The van der Waals surface area contributed by atoms with Gasteiger partial charge >= 0.3 is 0 Å². The molecule has 4 aromatic rings. The van der Waals surface area contributed by atoms with E-state index in [2.05, 4.69) is 27.6 Å². The van der Waals surface area contributed by atoms with Gasteiger partial charge in [-0.05, 0) is 28.5 Å². The van der Waals surface area contributed by atoms with Crippen LogP contribution < -0.4 is 5.32 Å². The molecule has 4 rings (SSSR count). The van der Waals surface area contributed by atoms with Gasteiger partial charge in [-0.15, -0.1) is 10.2 Å². The Kier molecular flexibility index (Phi) is 3.67. The molecule has 0 aliphatic rings. The summed E-state index contributed by atoms with van der Waals surface area (Å²) in [5.41, 5.74) is 1.80. The minimum atomic E-state index is -0.0287. The van der Waals surface area contributed by atoms with Crippen molar-refractivity contribution in [1.82, 2.24) is 19.9 Å². The van der Waals surface area contributed by atoms with Crippen molar-refractivity contribution in [1.29, 1.82) is 0 Å². The molecule has 0 bridgehead atoms. The molecule has 1 N–H and O–H groups in total. The summed E-state index contributed by atoms with van der Waals surface area (Å²) in [6, 6.07) is 19.8. The number of fused-ring (bicyclic) bond motifs is 2. The molecule has 0 atom stereocenters. The highest BCUT2D eigenvalue weighted by atomic mass is 16.1. The van der Waals surface area contributed by atoms with E-state index in [1.165, 1.54) is 0 Å². The van der Waals surface area contributed by atoms with Gasteiger partial charge in [-0.1, -0.05) is 48.5 Å². The largest absolute Gasteiger partial charge is 0.348 e. The molecule has 1 amide bonds. The molecular formula is C19H16N4O. The first-order chi connectivity index (χ1) is 11.8. The van der Waals surface area contributed by atoms with Gasteiger partial charge in [0.2, 0.25) is 5.91 Å². The Hall–Kier alpha value is -3.21. The Bertz CT molecular complexity index is 1020. The van der Waals surface area contributed by atoms with E-state index in [1.807, 2.05) is 59.1 Å². The lowest BCUT2D eigenvalue weighted by molar-refractivity contribution is -0.120. The van der Waals surface area contributed by atoms with Gasteiger partial charge in [0, 0.05) is 6.20 Å². The van der Waals surface area contributed by atoms with Crippen LogP contribution >= 0.6 is 0 Å². The SMILES string of the molecule is O=C(Cc1cccc2ccccc12)NCc1nnc2ccccn12. The third-order valence-corrected chi connectivity index (χ3v) is 4.06. The van der Waals surface area contributed by atoms with E-state index < -0.39 is 0 Å². The van der Waals surface area contributed by atoms with Crippen LogP contribution in [0.3, 0.4) is 0 Å². The van der Waals surface area contributed by atoms with Crippen molar-refractivity contribution >= 4 is 22.3 Å². The Labute approximate surface area is 139 Å².